The normalized spacial score (nSPS) is 11.8. The quantitative estimate of drug-likeness (QED) is 0.758. The second kappa shape index (κ2) is 7.84. The Morgan fingerprint density at radius 3 is 1.88 bits per heavy atom. The average Bonchev–Trinajstić information content (AvgIpc) is 2.50. The molecule has 24 heavy (non-hydrogen) atoms. The van der Waals surface area contributed by atoms with Crippen molar-refractivity contribution in [3.8, 4) is 0 Å². The van der Waals surface area contributed by atoms with Gasteiger partial charge in [0.25, 0.3) is 0 Å². The van der Waals surface area contributed by atoms with E-state index in [4.69, 9.17) is 17.3 Å². The Morgan fingerprint density at radius 1 is 0.917 bits per heavy atom. The van der Waals surface area contributed by atoms with E-state index in [1.807, 2.05) is 26.0 Å². The van der Waals surface area contributed by atoms with Crippen LogP contribution in [0.4, 0.5) is 16.2 Å². The Kier molecular flexibility index (Phi) is 5.82. The van der Waals surface area contributed by atoms with Crippen molar-refractivity contribution in [3.63, 3.8) is 0 Å². The summed E-state index contributed by atoms with van der Waals surface area (Å²) in [6.07, 6.45) is 0. The van der Waals surface area contributed by atoms with Crippen LogP contribution in [0.1, 0.15) is 25.3 Å². The fourth-order valence-corrected chi connectivity index (χ4v) is 2.63. The lowest BCUT2D eigenvalue weighted by atomic mass is 9.87. The van der Waals surface area contributed by atoms with Gasteiger partial charge in [0, 0.05) is 16.4 Å². The molecule has 0 spiro atoms. The molecule has 126 valence electrons. The number of carbonyl (C=O) groups is 2. The topological polar surface area (TPSA) is 84.2 Å². The van der Waals surface area contributed by atoms with Crippen molar-refractivity contribution in [1.82, 2.24) is 0 Å². The number of carbonyl (C=O) groups excluding carboxylic acids is 2. The van der Waals surface area contributed by atoms with Crippen LogP contribution in [0.15, 0.2) is 48.5 Å². The molecule has 0 fully saturated rings. The van der Waals surface area contributed by atoms with Gasteiger partial charge in [-0.2, -0.15) is 0 Å². The van der Waals surface area contributed by atoms with Crippen LogP contribution in [0.3, 0.4) is 0 Å². The fraction of sp³-hybridized carbons (Fsp3) is 0.222. The van der Waals surface area contributed by atoms with E-state index in [9.17, 15) is 9.59 Å². The minimum atomic E-state index is -0.630. The molecule has 0 aliphatic rings. The molecule has 0 aliphatic carbocycles. The number of primary amides is 1. The van der Waals surface area contributed by atoms with Crippen LogP contribution in [0, 0.1) is 5.92 Å². The van der Waals surface area contributed by atoms with Gasteiger partial charge in [0.05, 0.1) is 5.92 Å². The van der Waals surface area contributed by atoms with Gasteiger partial charge >= 0.3 is 6.03 Å². The Bertz CT molecular complexity index is 712. The van der Waals surface area contributed by atoms with Crippen LogP contribution < -0.4 is 16.4 Å². The predicted molar refractivity (Wildman–Crippen MR) is 97.3 cm³/mol. The number of nitrogens with one attached hydrogen (secondary N) is 2. The van der Waals surface area contributed by atoms with Crippen molar-refractivity contribution in [3.05, 3.63) is 59.1 Å². The van der Waals surface area contributed by atoms with Gasteiger partial charge in [-0.3, -0.25) is 4.79 Å². The Labute approximate surface area is 146 Å². The first-order valence-corrected chi connectivity index (χ1v) is 7.97. The van der Waals surface area contributed by atoms with Crippen molar-refractivity contribution >= 4 is 34.9 Å². The van der Waals surface area contributed by atoms with Crippen LogP contribution in [0.25, 0.3) is 0 Å². The molecule has 0 unspecified atom stereocenters. The molecule has 3 amide bonds. The van der Waals surface area contributed by atoms with Crippen molar-refractivity contribution < 1.29 is 9.59 Å². The number of benzene rings is 2. The minimum absolute atomic E-state index is 0.0945. The van der Waals surface area contributed by atoms with E-state index in [0.29, 0.717) is 16.4 Å². The highest BCUT2D eigenvalue weighted by Gasteiger charge is 2.24. The van der Waals surface area contributed by atoms with Crippen molar-refractivity contribution in [2.45, 2.75) is 19.8 Å². The first-order chi connectivity index (χ1) is 11.4. The third-order valence-corrected chi connectivity index (χ3v) is 3.85. The molecule has 4 N–H and O–H groups in total. The first-order valence-electron chi connectivity index (χ1n) is 7.59. The van der Waals surface area contributed by atoms with E-state index in [1.54, 1.807) is 36.4 Å². The number of halogens is 1. The molecule has 0 aliphatic heterocycles. The zero-order valence-corrected chi connectivity index (χ0v) is 14.3. The van der Waals surface area contributed by atoms with Gasteiger partial charge in [-0.15, -0.1) is 0 Å². The van der Waals surface area contributed by atoms with E-state index in [2.05, 4.69) is 10.6 Å². The molecule has 0 radical (unpaired) electrons. The summed E-state index contributed by atoms with van der Waals surface area (Å²) < 4.78 is 0. The highest BCUT2D eigenvalue weighted by atomic mass is 35.5. The fourth-order valence-electron chi connectivity index (χ4n) is 2.51. The summed E-state index contributed by atoms with van der Waals surface area (Å²) in [6.45, 7) is 4.00. The molecule has 6 heteroatoms. The molecule has 2 aromatic carbocycles. The summed E-state index contributed by atoms with van der Waals surface area (Å²) >= 11 is 5.92. The Hall–Kier alpha value is -2.53. The summed E-state index contributed by atoms with van der Waals surface area (Å²) in [6, 6.07) is 13.4. The maximum absolute atomic E-state index is 12.7. The molecule has 0 bridgehead atoms. The summed E-state index contributed by atoms with van der Waals surface area (Å²) in [7, 11) is 0. The second-order valence-electron chi connectivity index (χ2n) is 5.83. The number of amides is 3. The van der Waals surface area contributed by atoms with E-state index in [0.717, 1.165) is 5.56 Å². The first kappa shape index (κ1) is 17.8. The molecule has 5 nitrogen and oxygen atoms in total. The van der Waals surface area contributed by atoms with Crippen molar-refractivity contribution in [1.29, 1.82) is 0 Å². The molecule has 1 atom stereocenters. The Balaban J connectivity index is 2.13. The second-order valence-corrected chi connectivity index (χ2v) is 6.27. The number of nitrogens with two attached hydrogens (primary N) is 1. The van der Waals surface area contributed by atoms with E-state index in [-0.39, 0.29) is 17.7 Å². The van der Waals surface area contributed by atoms with Crippen molar-refractivity contribution in [2.24, 2.45) is 11.7 Å². The largest absolute Gasteiger partial charge is 0.351 e. The monoisotopic (exact) mass is 345 g/mol. The predicted octanol–water partition coefficient (Wildman–Crippen LogP) is 4.21. The number of urea groups is 1. The highest BCUT2D eigenvalue weighted by molar-refractivity contribution is 6.30. The smallest absolute Gasteiger partial charge is 0.316 e. The van der Waals surface area contributed by atoms with E-state index >= 15 is 0 Å². The lowest BCUT2D eigenvalue weighted by Gasteiger charge is -2.21. The van der Waals surface area contributed by atoms with Gasteiger partial charge < -0.3 is 16.4 Å². The minimum Gasteiger partial charge on any atom is -0.351 e. The summed E-state index contributed by atoms with van der Waals surface area (Å²) in [5, 5.41) is 6.01. The molecule has 0 saturated heterocycles. The third kappa shape index (κ3) is 4.73. The molecular weight excluding hydrogens is 326 g/mol. The number of anilines is 2. The number of hydrogen-bond acceptors (Lipinski definition) is 2. The summed E-state index contributed by atoms with van der Waals surface area (Å²) in [5.41, 5.74) is 7.19. The van der Waals surface area contributed by atoms with Crippen LogP contribution in [0.2, 0.25) is 5.02 Å². The molecule has 0 heterocycles. The molecule has 0 saturated carbocycles. The van der Waals surface area contributed by atoms with Crippen LogP contribution >= 0.6 is 11.6 Å². The lowest BCUT2D eigenvalue weighted by Crippen LogP contribution is -2.25. The number of rotatable bonds is 5. The Morgan fingerprint density at radius 2 is 1.42 bits per heavy atom. The van der Waals surface area contributed by atoms with Gasteiger partial charge in [0.1, 0.15) is 0 Å². The molecule has 0 aromatic heterocycles. The van der Waals surface area contributed by atoms with E-state index in [1.165, 1.54) is 0 Å². The van der Waals surface area contributed by atoms with Crippen LogP contribution in [-0.2, 0) is 4.79 Å². The van der Waals surface area contributed by atoms with Gasteiger partial charge in [-0.05, 0) is 47.9 Å². The van der Waals surface area contributed by atoms with Gasteiger partial charge in [-0.1, -0.05) is 37.6 Å². The van der Waals surface area contributed by atoms with Gasteiger partial charge in [0.15, 0.2) is 0 Å². The zero-order chi connectivity index (χ0) is 17.7. The third-order valence-electron chi connectivity index (χ3n) is 3.60. The van der Waals surface area contributed by atoms with Gasteiger partial charge in [0.2, 0.25) is 5.91 Å². The van der Waals surface area contributed by atoms with Crippen LogP contribution in [-0.4, -0.2) is 11.9 Å². The number of hydrogen-bond donors (Lipinski definition) is 3. The molecule has 2 aromatic rings. The van der Waals surface area contributed by atoms with Crippen molar-refractivity contribution in [2.75, 3.05) is 10.6 Å². The maximum atomic E-state index is 12.7. The van der Waals surface area contributed by atoms with Crippen LogP contribution in [0.5, 0.6) is 0 Å². The molecular formula is C18H20ClN3O2. The van der Waals surface area contributed by atoms with E-state index < -0.39 is 6.03 Å². The molecule has 2 rings (SSSR count). The van der Waals surface area contributed by atoms with Gasteiger partial charge in [-0.25, -0.2) is 4.79 Å². The summed E-state index contributed by atoms with van der Waals surface area (Å²) in [4.78, 5) is 23.5. The lowest BCUT2D eigenvalue weighted by molar-refractivity contribution is -0.118. The highest BCUT2D eigenvalue weighted by Crippen LogP contribution is 2.27. The standard InChI is InChI=1S/C18H20ClN3O2/c1-11(2)16(12-3-5-13(19)6-4-12)17(23)21-14-7-9-15(10-8-14)22-18(20)24/h3-11,16H,1-2H3,(H,21,23)(H3,20,22,24)/t16-/m1/s1. The zero-order valence-electron chi connectivity index (χ0n) is 13.5. The SMILES string of the molecule is CC(C)[C@@H](C(=O)Nc1ccc(NC(N)=O)cc1)c1ccc(Cl)cc1. The maximum Gasteiger partial charge on any atom is 0.316 e. The average molecular weight is 346 g/mol. The summed E-state index contributed by atoms with van der Waals surface area (Å²) in [5.74, 6) is -0.254.